The van der Waals surface area contributed by atoms with Crippen LogP contribution >= 0.6 is 24.0 Å². The maximum absolute atomic E-state index is 12.1. The lowest BCUT2D eigenvalue weighted by molar-refractivity contribution is -0.153. The molecule has 0 radical (unpaired) electrons. The van der Waals surface area contributed by atoms with Gasteiger partial charge in [-0.05, 0) is 24.6 Å². The van der Waals surface area contributed by atoms with Crippen molar-refractivity contribution < 1.29 is 17.9 Å². The normalized spacial score (nSPS) is 11.7. The topological polar surface area (TPSA) is 76.4 Å². The second-order valence-electron chi connectivity index (χ2n) is 5.40. The summed E-state index contributed by atoms with van der Waals surface area (Å²) in [6, 6.07) is 6.36. The number of rotatable bonds is 7. The lowest BCUT2D eigenvalue weighted by atomic mass is 10.2. The van der Waals surface area contributed by atoms with Crippen molar-refractivity contribution in [3.05, 3.63) is 42.0 Å². The van der Waals surface area contributed by atoms with E-state index in [1.165, 1.54) is 18.5 Å². The molecule has 1 aromatic heterocycles. The smallest absolute Gasteiger partial charge is 0.422 e. The number of halogens is 4. The minimum Gasteiger partial charge on any atom is -0.484 e. The Hall–Kier alpha value is -2.05. The summed E-state index contributed by atoms with van der Waals surface area (Å²) in [5, 5.41) is 10.3. The number of aryl methyl sites for hydroxylation is 1. The lowest BCUT2D eigenvalue weighted by Gasteiger charge is -2.11. The summed E-state index contributed by atoms with van der Waals surface area (Å²) < 4.78 is 42.7. The van der Waals surface area contributed by atoms with E-state index >= 15 is 0 Å². The zero-order chi connectivity index (χ0) is 19.0. The van der Waals surface area contributed by atoms with Crippen LogP contribution < -0.4 is 15.4 Å². The molecule has 1 aromatic carbocycles. The Morgan fingerprint density at radius 2 is 1.93 bits per heavy atom. The fourth-order valence-electron chi connectivity index (χ4n) is 2.01. The van der Waals surface area contributed by atoms with Gasteiger partial charge in [-0.15, -0.1) is 24.0 Å². The number of aromatic nitrogens is 3. The Bertz CT molecular complexity index is 718. The van der Waals surface area contributed by atoms with Crippen molar-refractivity contribution in [2.75, 3.05) is 13.2 Å². The average molecular weight is 498 g/mol. The van der Waals surface area contributed by atoms with Crippen LogP contribution in [0.25, 0.3) is 0 Å². The minimum absolute atomic E-state index is 0. The minimum atomic E-state index is -4.35. The van der Waals surface area contributed by atoms with Crippen LogP contribution in [0.4, 0.5) is 13.2 Å². The molecule has 11 heteroatoms. The van der Waals surface area contributed by atoms with E-state index in [0.717, 1.165) is 11.4 Å². The van der Waals surface area contributed by atoms with Gasteiger partial charge in [0.1, 0.15) is 17.9 Å². The maximum Gasteiger partial charge on any atom is 0.422 e. The van der Waals surface area contributed by atoms with Gasteiger partial charge < -0.3 is 15.4 Å². The molecular formula is C16H22F3IN6O. The largest absolute Gasteiger partial charge is 0.484 e. The number of guanidine groups is 1. The highest BCUT2D eigenvalue weighted by Gasteiger charge is 2.28. The molecule has 2 rings (SSSR count). The second-order valence-corrected chi connectivity index (χ2v) is 5.40. The number of benzene rings is 1. The van der Waals surface area contributed by atoms with E-state index in [2.05, 4.69) is 30.4 Å². The fourth-order valence-corrected chi connectivity index (χ4v) is 2.01. The summed E-state index contributed by atoms with van der Waals surface area (Å²) in [6.07, 6.45) is -2.87. The van der Waals surface area contributed by atoms with Crippen LogP contribution in [0, 0.1) is 0 Å². The fraction of sp³-hybridized carbons (Fsp3) is 0.438. The van der Waals surface area contributed by atoms with Gasteiger partial charge in [-0.1, -0.05) is 12.1 Å². The summed E-state index contributed by atoms with van der Waals surface area (Å²) in [7, 11) is 1.80. The number of ether oxygens (including phenoxy) is 1. The third kappa shape index (κ3) is 8.45. The van der Waals surface area contributed by atoms with Crippen LogP contribution in [-0.2, 0) is 20.1 Å². The van der Waals surface area contributed by atoms with Crippen LogP contribution in [0.15, 0.2) is 35.6 Å². The Kier molecular flexibility index (Phi) is 9.32. The molecule has 0 bridgehead atoms. The zero-order valence-electron chi connectivity index (χ0n) is 15.0. The first kappa shape index (κ1) is 23.0. The molecule has 150 valence electrons. The molecule has 1 heterocycles. The van der Waals surface area contributed by atoms with Crippen LogP contribution in [0.5, 0.6) is 5.75 Å². The number of hydrogen-bond donors (Lipinski definition) is 2. The zero-order valence-corrected chi connectivity index (χ0v) is 17.3. The van der Waals surface area contributed by atoms with Crippen molar-refractivity contribution in [1.29, 1.82) is 0 Å². The third-order valence-electron chi connectivity index (χ3n) is 3.31. The standard InChI is InChI=1S/C16H21F3N6O.HI/c1-3-20-15(22-9-14-23-11-24-25(14)2)21-8-12-4-6-13(7-5-12)26-10-16(17,18)19;/h4-7,11H,3,8-10H2,1-2H3,(H2,20,21,22);1H. The molecule has 0 aliphatic carbocycles. The third-order valence-corrected chi connectivity index (χ3v) is 3.31. The molecule has 7 nitrogen and oxygen atoms in total. The van der Waals surface area contributed by atoms with Crippen molar-refractivity contribution in [3.8, 4) is 5.75 Å². The summed E-state index contributed by atoms with van der Waals surface area (Å²) in [4.78, 5) is 8.57. The first-order chi connectivity index (χ1) is 12.4. The molecule has 0 atom stereocenters. The van der Waals surface area contributed by atoms with Crippen molar-refractivity contribution in [3.63, 3.8) is 0 Å². The van der Waals surface area contributed by atoms with E-state index in [0.29, 0.717) is 25.6 Å². The van der Waals surface area contributed by atoms with Gasteiger partial charge in [0.15, 0.2) is 12.6 Å². The van der Waals surface area contributed by atoms with Crippen molar-refractivity contribution >= 4 is 29.9 Å². The summed E-state index contributed by atoms with van der Waals surface area (Å²) >= 11 is 0. The summed E-state index contributed by atoms with van der Waals surface area (Å²) in [5.41, 5.74) is 0.847. The Morgan fingerprint density at radius 3 is 2.48 bits per heavy atom. The Morgan fingerprint density at radius 1 is 1.22 bits per heavy atom. The van der Waals surface area contributed by atoms with Gasteiger partial charge in [0.2, 0.25) is 0 Å². The Balaban J connectivity index is 0.00000364. The van der Waals surface area contributed by atoms with Crippen LogP contribution in [0.1, 0.15) is 18.3 Å². The van der Waals surface area contributed by atoms with Crippen molar-refractivity contribution in [2.45, 2.75) is 26.2 Å². The maximum atomic E-state index is 12.1. The molecule has 0 fully saturated rings. The van der Waals surface area contributed by atoms with Crippen molar-refractivity contribution in [2.24, 2.45) is 12.0 Å². The van der Waals surface area contributed by atoms with Crippen LogP contribution in [-0.4, -0.2) is 40.1 Å². The molecule has 27 heavy (non-hydrogen) atoms. The molecule has 0 amide bonds. The number of nitrogens with one attached hydrogen (secondary N) is 2. The van der Waals surface area contributed by atoms with Gasteiger partial charge in [0.25, 0.3) is 0 Å². The highest BCUT2D eigenvalue weighted by Crippen LogP contribution is 2.19. The van der Waals surface area contributed by atoms with Gasteiger partial charge in [0, 0.05) is 13.6 Å². The van der Waals surface area contributed by atoms with Gasteiger partial charge in [-0.3, -0.25) is 4.68 Å². The molecule has 2 N–H and O–H groups in total. The van der Waals surface area contributed by atoms with E-state index in [1.54, 1.807) is 23.9 Å². The highest BCUT2D eigenvalue weighted by atomic mass is 127. The summed E-state index contributed by atoms with van der Waals surface area (Å²) in [5.74, 6) is 1.54. The number of alkyl halides is 3. The number of hydrogen-bond acceptors (Lipinski definition) is 4. The lowest BCUT2D eigenvalue weighted by Crippen LogP contribution is -2.37. The van der Waals surface area contributed by atoms with E-state index in [-0.39, 0.29) is 29.7 Å². The first-order valence-electron chi connectivity index (χ1n) is 8.01. The van der Waals surface area contributed by atoms with E-state index < -0.39 is 12.8 Å². The second kappa shape index (κ2) is 10.9. The van der Waals surface area contributed by atoms with Crippen LogP contribution in [0.3, 0.4) is 0 Å². The summed E-state index contributed by atoms with van der Waals surface area (Å²) in [6.45, 7) is 2.17. The molecule has 2 aromatic rings. The number of nitrogens with zero attached hydrogens (tertiary/aromatic N) is 4. The van der Waals surface area contributed by atoms with Crippen molar-refractivity contribution in [1.82, 2.24) is 25.4 Å². The predicted molar refractivity (Wildman–Crippen MR) is 106 cm³/mol. The molecule has 0 aliphatic rings. The van der Waals surface area contributed by atoms with Gasteiger partial charge in [0.05, 0.1) is 13.1 Å². The first-order valence-corrected chi connectivity index (χ1v) is 8.01. The van der Waals surface area contributed by atoms with E-state index in [4.69, 9.17) is 0 Å². The molecule has 0 aliphatic heterocycles. The molecular weight excluding hydrogens is 476 g/mol. The molecule has 0 unspecified atom stereocenters. The monoisotopic (exact) mass is 498 g/mol. The van der Waals surface area contributed by atoms with E-state index in [9.17, 15) is 13.2 Å². The SMILES string of the molecule is CCNC(=NCc1ccc(OCC(F)(F)F)cc1)NCc1ncnn1C.I. The highest BCUT2D eigenvalue weighted by molar-refractivity contribution is 14.0. The van der Waals surface area contributed by atoms with Gasteiger partial charge in [-0.2, -0.15) is 18.3 Å². The quantitative estimate of drug-likeness (QED) is 0.349. The molecule has 0 spiro atoms. The average Bonchev–Trinajstić information content (AvgIpc) is 3.01. The molecule has 0 saturated heterocycles. The van der Waals surface area contributed by atoms with Crippen LogP contribution in [0.2, 0.25) is 0 Å². The molecule has 0 saturated carbocycles. The number of aliphatic imine (C=N–C) groups is 1. The van der Waals surface area contributed by atoms with Gasteiger partial charge >= 0.3 is 6.18 Å². The Labute approximate surface area is 172 Å². The van der Waals surface area contributed by atoms with E-state index in [1.807, 2.05) is 6.92 Å². The predicted octanol–water partition coefficient (Wildman–Crippen LogP) is 2.63. The van der Waals surface area contributed by atoms with Gasteiger partial charge in [-0.25, -0.2) is 9.98 Å².